The molecule has 0 bridgehead atoms. The van der Waals surface area contributed by atoms with Crippen LogP contribution in [0.5, 0.6) is 0 Å². The molecule has 156 valence electrons. The van der Waals surface area contributed by atoms with E-state index in [2.05, 4.69) is 109 Å². The van der Waals surface area contributed by atoms with Crippen molar-refractivity contribution in [1.82, 2.24) is 0 Å². The van der Waals surface area contributed by atoms with Crippen LogP contribution in [0.4, 0.5) is 0 Å². The van der Waals surface area contributed by atoms with Crippen LogP contribution in [-0.4, -0.2) is 0 Å². The van der Waals surface area contributed by atoms with Crippen molar-refractivity contribution < 1.29 is 0 Å². The van der Waals surface area contributed by atoms with Crippen molar-refractivity contribution in [3.8, 4) is 50.6 Å². The van der Waals surface area contributed by atoms with Crippen LogP contribution in [-0.2, 0) is 0 Å². The molecule has 1 aliphatic rings. The summed E-state index contributed by atoms with van der Waals surface area (Å²) in [6.45, 7) is 0. The van der Waals surface area contributed by atoms with E-state index in [1.807, 2.05) is 12.1 Å². The van der Waals surface area contributed by atoms with E-state index >= 15 is 0 Å². The van der Waals surface area contributed by atoms with Gasteiger partial charge in [-0.25, -0.2) is 0 Å². The van der Waals surface area contributed by atoms with Crippen molar-refractivity contribution in [2.45, 2.75) is 0 Å². The summed E-state index contributed by atoms with van der Waals surface area (Å²) in [6, 6.07) is 43.0. The molecule has 34 heavy (non-hydrogen) atoms. The summed E-state index contributed by atoms with van der Waals surface area (Å²) in [7, 11) is 0. The molecule has 0 atom stereocenters. The van der Waals surface area contributed by atoms with Gasteiger partial charge in [0.1, 0.15) is 0 Å². The van der Waals surface area contributed by atoms with Gasteiger partial charge in [0.25, 0.3) is 0 Å². The van der Waals surface area contributed by atoms with E-state index in [4.69, 9.17) is 0 Å². The van der Waals surface area contributed by atoms with Crippen molar-refractivity contribution in [1.29, 1.82) is 5.26 Å². The molecule has 0 N–H and O–H groups in total. The first-order chi connectivity index (χ1) is 16.8. The third-order valence-corrected chi connectivity index (χ3v) is 7.02. The zero-order chi connectivity index (χ0) is 22.6. The molecule has 7 rings (SSSR count). The standard InChI is InChI=1S/C33H19N/c34-20-21-16-18-24(19-17-21)31-26-13-5-4-12-25(26)30(23-8-2-1-3-9-23)32-27-14-6-10-22-11-7-15-28(29(22)27)33(31)32/h1-19H. The number of hydrogen-bond donors (Lipinski definition) is 0. The maximum atomic E-state index is 9.36. The van der Waals surface area contributed by atoms with Crippen LogP contribution in [0, 0.1) is 11.3 Å². The van der Waals surface area contributed by atoms with Crippen molar-refractivity contribution >= 4 is 21.5 Å². The van der Waals surface area contributed by atoms with Crippen molar-refractivity contribution in [3.05, 3.63) is 121 Å². The summed E-state index contributed by atoms with van der Waals surface area (Å²) in [5, 5.41) is 14.4. The second kappa shape index (κ2) is 7.17. The third kappa shape index (κ3) is 2.54. The Balaban J connectivity index is 1.73. The molecule has 0 aliphatic heterocycles. The van der Waals surface area contributed by atoms with Gasteiger partial charge in [0.15, 0.2) is 0 Å². The predicted molar refractivity (Wildman–Crippen MR) is 141 cm³/mol. The topological polar surface area (TPSA) is 23.8 Å². The first-order valence-electron chi connectivity index (χ1n) is 11.5. The number of fused-ring (bicyclic) bond motifs is 4. The average Bonchev–Trinajstić information content (AvgIpc) is 3.23. The monoisotopic (exact) mass is 429 g/mol. The first-order valence-corrected chi connectivity index (χ1v) is 11.5. The Morgan fingerprint density at radius 1 is 0.441 bits per heavy atom. The summed E-state index contributed by atoms with van der Waals surface area (Å²) >= 11 is 0. The van der Waals surface area contributed by atoms with E-state index in [1.54, 1.807) is 0 Å². The molecule has 0 unspecified atom stereocenters. The lowest BCUT2D eigenvalue weighted by molar-refractivity contribution is 1.48. The molecule has 1 nitrogen and oxygen atoms in total. The van der Waals surface area contributed by atoms with Crippen LogP contribution < -0.4 is 0 Å². The minimum absolute atomic E-state index is 0.677. The third-order valence-electron chi connectivity index (χ3n) is 7.02. The van der Waals surface area contributed by atoms with Gasteiger partial charge in [-0.3, -0.25) is 0 Å². The van der Waals surface area contributed by atoms with Crippen LogP contribution in [0.2, 0.25) is 0 Å². The van der Waals surface area contributed by atoms with Crippen LogP contribution in [0.3, 0.4) is 0 Å². The highest BCUT2D eigenvalue weighted by Gasteiger charge is 2.30. The zero-order valence-electron chi connectivity index (χ0n) is 18.4. The maximum absolute atomic E-state index is 9.36. The smallest absolute Gasteiger partial charge is 0.0991 e. The van der Waals surface area contributed by atoms with Gasteiger partial charge >= 0.3 is 0 Å². The molecule has 0 amide bonds. The number of hydrogen-bond acceptors (Lipinski definition) is 1. The Kier molecular flexibility index (Phi) is 3.98. The normalized spacial score (nSPS) is 11.5. The van der Waals surface area contributed by atoms with Crippen molar-refractivity contribution in [2.24, 2.45) is 0 Å². The van der Waals surface area contributed by atoms with E-state index in [0.717, 1.165) is 5.56 Å². The maximum Gasteiger partial charge on any atom is 0.0991 e. The van der Waals surface area contributed by atoms with Gasteiger partial charge in [-0.2, -0.15) is 5.26 Å². The van der Waals surface area contributed by atoms with E-state index in [9.17, 15) is 5.26 Å². The molecule has 0 saturated carbocycles. The average molecular weight is 430 g/mol. The van der Waals surface area contributed by atoms with E-state index in [1.165, 1.54) is 60.5 Å². The molecule has 0 fully saturated rings. The van der Waals surface area contributed by atoms with Crippen LogP contribution >= 0.6 is 0 Å². The highest BCUT2D eigenvalue weighted by atomic mass is 14.3. The lowest BCUT2D eigenvalue weighted by Gasteiger charge is -2.20. The van der Waals surface area contributed by atoms with Gasteiger partial charge < -0.3 is 0 Å². The summed E-state index contributed by atoms with van der Waals surface area (Å²) in [6.07, 6.45) is 0. The molecule has 0 aromatic heterocycles. The Labute approximate surface area is 198 Å². The molecular formula is C33H19N. The minimum atomic E-state index is 0.677. The second-order valence-corrected chi connectivity index (χ2v) is 8.81. The SMILES string of the molecule is N#Cc1ccc(-c2c3c(c(-c4ccccc4)c4ccccc24)-c2cccc4cccc-3c24)cc1. The zero-order valence-corrected chi connectivity index (χ0v) is 18.4. The molecule has 0 heterocycles. The number of nitrogens with zero attached hydrogens (tertiary/aromatic N) is 1. The Hall–Kier alpha value is -4.67. The van der Waals surface area contributed by atoms with Gasteiger partial charge in [0.05, 0.1) is 11.6 Å². The summed E-state index contributed by atoms with van der Waals surface area (Å²) in [4.78, 5) is 0. The lowest BCUT2D eigenvalue weighted by Crippen LogP contribution is -1.93. The van der Waals surface area contributed by atoms with Crippen molar-refractivity contribution in [3.63, 3.8) is 0 Å². The summed E-state index contributed by atoms with van der Waals surface area (Å²) in [5.41, 5.74) is 10.7. The first kappa shape index (κ1) is 18.9. The Morgan fingerprint density at radius 3 is 1.53 bits per heavy atom. The number of benzene rings is 6. The van der Waals surface area contributed by atoms with E-state index in [-0.39, 0.29) is 0 Å². The Bertz CT molecular complexity index is 1780. The van der Waals surface area contributed by atoms with Crippen molar-refractivity contribution in [2.75, 3.05) is 0 Å². The van der Waals surface area contributed by atoms with Gasteiger partial charge in [-0.15, -0.1) is 0 Å². The van der Waals surface area contributed by atoms with Gasteiger partial charge in [-0.1, -0.05) is 103 Å². The molecule has 1 heteroatoms. The number of nitriles is 1. The van der Waals surface area contributed by atoms with E-state index in [0.29, 0.717) is 5.56 Å². The van der Waals surface area contributed by atoms with E-state index < -0.39 is 0 Å². The molecule has 6 aromatic rings. The molecule has 0 spiro atoms. The Morgan fingerprint density at radius 2 is 0.971 bits per heavy atom. The second-order valence-electron chi connectivity index (χ2n) is 8.81. The van der Waals surface area contributed by atoms with Gasteiger partial charge in [-0.05, 0) is 78.2 Å². The molecule has 0 saturated heterocycles. The van der Waals surface area contributed by atoms with Crippen LogP contribution in [0.25, 0.3) is 66.1 Å². The highest BCUT2D eigenvalue weighted by Crippen LogP contribution is 2.57. The molecule has 6 aromatic carbocycles. The molecule has 1 aliphatic carbocycles. The fraction of sp³-hybridized carbons (Fsp3) is 0. The van der Waals surface area contributed by atoms with Gasteiger partial charge in [0.2, 0.25) is 0 Å². The largest absolute Gasteiger partial charge is 0.192 e. The number of rotatable bonds is 2. The lowest BCUT2D eigenvalue weighted by atomic mass is 9.82. The summed E-state index contributed by atoms with van der Waals surface area (Å²) < 4.78 is 0. The highest BCUT2D eigenvalue weighted by molar-refractivity contribution is 6.27. The quantitative estimate of drug-likeness (QED) is 0.269. The van der Waals surface area contributed by atoms with Gasteiger partial charge in [0, 0.05) is 0 Å². The van der Waals surface area contributed by atoms with Crippen LogP contribution in [0.15, 0.2) is 115 Å². The predicted octanol–water partition coefficient (Wildman–Crippen LogP) is 8.85. The fourth-order valence-electron chi connectivity index (χ4n) is 5.65. The molecular weight excluding hydrogens is 410 g/mol. The fourth-order valence-corrected chi connectivity index (χ4v) is 5.65. The molecule has 0 radical (unpaired) electrons. The summed E-state index contributed by atoms with van der Waals surface area (Å²) in [5.74, 6) is 0. The van der Waals surface area contributed by atoms with Crippen LogP contribution in [0.1, 0.15) is 5.56 Å². The minimum Gasteiger partial charge on any atom is -0.192 e.